The molecule has 0 saturated carbocycles. The number of ketones is 2. The van der Waals surface area contributed by atoms with E-state index >= 15 is 0 Å². The smallest absolute Gasteiger partial charge is 0.218 e. The van der Waals surface area contributed by atoms with Crippen LogP contribution in [0.2, 0.25) is 5.02 Å². The van der Waals surface area contributed by atoms with E-state index in [0.717, 1.165) is 29.5 Å². The van der Waals surface area contributed by atoms with Gasteiger partial charge in [-0.05, 0) is 35.5 Å². The Kier molecular flexibility index (Phi) is 6.52. The zero-order chi connectivity index (χ0) is 24.8. The van der Waals surface area contributed by atoms with Gasteiger partial charge in [0.25, 0.3) is 0 Å². The summed E-state index contributed by atoms with van der Waals surface area (Å²) in [5.74, 6) is 0.342. The minimum atomic E-state index is -1.34. The number of carbonyl (C=O) groups is 2. The van der Waals surface area contributed by atoms with Crippen molar-refractivity contribution in [1.82, 2.24) is 0 Å². The number of ether oxygens (including phenoxy) is 3. The molecule has 2 aromatic rings. The van der Waals surface area contributed by atoms with Gasteiger partial charge >= 0.3 is 0 Å². The van der Waals surface area contributed by atoms with E-state index < -0.39 is 5.60 Å². The highest BCUT2D eigenvalue weighted by Gasteiger charge is 2.60. The molecule has 34 heavy (non-hydrogen) atoms. The van der Waals surface area contributed by atoms with Gasteiger partial charge in [-0.25, -0.2) is 0 Å². The number of fused-ring (bicyclic) bond motifs is 1. The third-order valence-corrected chi connectivity index (χ3v) is 7.68. The van der Waals surface area contributed by atoms with Gasteiger partial charge in [-0.15, -0.1) is 0 Å². The summed E-state index contributed by atoms with van der Waals surface area (Å²) in [6.45, 7) is 8.08. The van der Waals surface area contributed by atoms with Gasteiger partial charge in [0, 0.05) is 24.0 Å². The fourth-order valence-electron chi connectivity index (χ4n) is 5.41. The van der Waals surface area contributed by atoms with Crippen molar-refractivity contribution in [3.63, 3.8) is 0 Å². The average Bonchev–Trinajstić information content (AvgIpc) is 3.15. The van der Waals surface area contributed by atoms with Crippen molar-refractivity contribution in [2.75, 3.05) is 14.2 Å². The molecule has 6 heteroatoms. The molecule has 1 spiro atoms. The molecule has 3 unspecified atom stereocenters. The van der Waals surface area contributed by atoms with Gasteiger partial charge in [0.05, 0.1) is 14.2 Å². The molecule has 1 heterocycles. The van der Waals surface area contributed by atoms with Crippen LogP contribution in [0.5, 0.6) is 17.2 Å². The number of halogens is 1. The first-order valence-corrected chi connectivity index (χ1v) is 12.2. The Morgan fingerprint density at radius 2 is 1.82 bits per heavy atom. The first kappa shape index (κ1) is 24.3. The second kappa shape index (κ2) is 9.10. The number of benzene rings is 2. The number of rotatable bonds is 6. The second-order valence-corrected chi connectivity index (χ2v) is 9.48. The van der Waals surface area contributed by atoms with Crippen LogP contribution in [0, 0.1) is 11.8 Å². The highest BCUT2D eigenvalue weighted by atomic mass is 35.5. The van der Waals surface area contributed by atoms with Gasteiger partial charge in [0.15, 0.2) is 17.1 Å². The van der Waals surface area contributed by atoms with Crippen molar-refractivity contribution in [2.24, 2.45) is 11.8 Å². The Hall–Kier alpha value is -2.79. The highest BCUT2D eigenvalue weighted by Crippen LogP contribution is 2.57. The molecule has 0 bridgehead atoms. The van der Waals surface area contributed by atoms with Gasteiger partial charge in [-0.1, -0.05) is 63.6 Å². The monoisotopic (exact) mass is 482 g/mol. The summed E-state index contributed by atoms with van der Waals surface area (Å²) in [6.07, 6.45) is 1.72. The second-order valence-electron chi connectivity index (χ2n) is 9.10. The molecule has 1 aliphatic heterocycles. The summed E-state index contributed by atoms with van der Waals surface area (Å²) in [7, 11) is 3.01. The summed E-state index contributed by atoms with van der Waals surface area (Å²) in [5, 5.41) is 0.228. The summed E-state index contributed by atoms with van der Waals surface area (Å²) in [4.78, 5) is 28.0. The van der Waals surface area contributed by atoms with Crippen molar-refractivity contribution in [3.05, 3.63) is 57.6 Å². The van der Waals surface area contributed by atoms with Crippen molar-refractivity contribution in [2.45, 2.75) is 52.6 Å². The maximum atomic E-state index is 14.3. The quantitative estimate of drug-likeness (QED) is 0.480. The van der Waals surface area contributed by atoms with Crippen molar-refractivity contribution in [1.29, 1.82) is 0 Å². The molecule has 2 aromatic carbocycles. The van der Waals surface area contributed by atoms with E-state index in [-0.39, 0.29) is 40.6 Å². The molecular formula is C28H31ClO5. The van der Waals surface area contributed by atoms with Crippen LogP contribution < -0.4 is 14.2 Å². The Balaban J connectivity index is 2.08. The lowest BCUT2D eigenvalue weighted by atomic mass is 9.64. The lowest BCUT2D eigenvalue weighted by molar-refractivity contribution is -0.116. The Bertz CT molecular complexity index is 1200. The number of aryl methyl sites for hydroxylation is 1. The number of carbonyl (C=O) groups excluding carboxylic acids is 2. The molecule has 0 aromatic heterocycles. The molecule has 0 fully saturated rings. The summed E-state index contributed by atoms with van der Waals surface area (Å²) in [5.41, 5.74) is 2.24. The first-order chi connectivity index (χ1) is 16.3. The topological polar surface area (TPSA) is 61.8 Å². The van der Waals surface area contributed by atoms with Gasteiger partial charge in [-0.2, -0.15) is 0 Å². The zero-order valence-electron chi connectivity index (χ0n) is 20.6. The van der Waals surface area contributed by atoms with E-state index in [1.807, 2.05) is 31.2 Å². The van der Waals surface area contributed by atoms with E-state index in [0.29, 0.717) is 22.6 Å². The van der Waals surface area contributed by atoms with Crippen LogP contribution in [0.25, 0.3) is 5.57 Å². The van der Waals surface area contributed by atoms with Crippen LogP contribution in [0.4, 0.5) is 0 Å². The van der Waals surface area contributed by atoms with Gasteiger partial charge < -0.3 is 14.2 Å². The lowest BCUT2D eigenvalue weighted by Crippen LogP contribution is -2.53. The molecule has 3 atom stereocenters. The van der Waals surface area contributed by atoms with Crippen molar-refractivity contribution in [3.8, 4) is 17.2 Å². The van der Waals surface area contributed by atoms with Crippen LogP contribution in [-0.4, -0.2) is 31.4 Å². The molecule has 2 aliphatic rings. The van der Waals surface area contributed by atoms with Gasteiger partial charge in [0.2, 0.25) is 5.78 Å². The van der Waals surface area contributed by atoms with Crippen LogP contribution in [0.1, 0.15) is 62.0 Å². The van der Waals surface area contributed by atoms with E-state index in [9.17, 15) is 9.59 Å². The number of allylic oxidation sites excluding steroid dienone is 1. The largest absolute Gasteiger partial charge is 0.496 e. The minimum Gasteiger partial charge on any atom is -0.496 e. The molecule has 0 radical (unpaired) electrons. The molecule has 4 rings (SSSR count). The molecule has 1 aliphatic carbocycles. The number of Topliss-reactive ketones (excluding diaryl/α,β-unsaturated/α-hetero) is 2. The molecule has 0 N–H and O–H groups in total. The van der Waals surface area contributed by atoms with Crippen LogP contribution in [0.3, 0.4) is 0 Å². The molecule has 0 amide bonds. The molecule has 0 saturated heterocycles. The molecular weight excluding hydrogens is 452 g/mol. The SMILES string of the molecule is CCc1ccccc1C1=C(C(C)CC)C2(Oc3c(Cl)c(OC)cc(OC)c3C2=O)C(C)CC1=O. The van der Waals surface area contributed by atoms with Crippen molar-refractivity contribution >= 4 is 28.7 Å². The van der Waals surface area contributed by atoms with Crippen molar-refractivity contribution < 1.29 is 23.8 Å². The van der Waals surface area contributed by atoms with Gasteiger partial charge in [-0.3, -0.25) is 9.59 Å². The standard InChI is InChI=1S/C28H31ClO5/c1-7-15(3)24-22(18-12-10-9-11-17(18)8-2)19(30)13-16(4)28(24)27(31)23-20(32-5)14-21(33-6)25(29)26(23)34-28/h9-12,14-16H,7-8,13H2,1-6H3. The van der Waals surface area contributed by atoms with Gasteiger partial charge in [0.1, 0.15) is 22.1 Å². The predicted molar refractivity (Wildman–Crippen MR) is 133 cm³/mol. The fourth-order valence-corrected chi connectivity index (χ4v) is 5.68. The summed E-state index contributed by atoms with van der Waals surface area (Å²) >= 11 is 6.65. The van der Waals surface area contributed by atoms with E-state index in [2.05, 4.69) is 20.8 Å². The highest BCUT2D eigenvalue weighted by molar-refractivity contribution is 6.35. The normalized spacial score (nSPS) is 22.6. The number of hydrogen-bond acceptors (Lipinski definition) is 5. The fraction of sp³-hybridized carbons (Fsp3) is 0.429. The molecule has 180 valence electrons. The minimum absolute atomic E-state index is 0.0392. The number of methoxy groups -OCH3 is 2. The van der Waals surface area contributed by atoms with Crippen LogP contribution in [-0.2, 0) is 11.2 Å². The maximum absolute atomic E-state index is 14.3. The maximum Gasteiger partial charge on any atom is 0.218 e. The lowest BCUT2D eigenvalue weighted by Gasteiger charge is -2.42. The Labute approximate surface area is 206 Å². The first-order valence-electron chi connectivity index (χ1n) is 11.8. The predicted octanol–water partition coefficient (Wildman–Crippen LogP) is 6.34. The number of hydrogen-bond donors (Lipinski definition) is 0. The Morgan fingerprint density at radius 1 is 1.15 bits per heavy atom. The third kappa shape index (κ3) is 3.36. The van der Waals surface area contributed by atoms with E-state index in [4.69, 9.17) is 25.8 Å². The van der Waals surface area contributed by atoms with E-state index in [1.165, 1.54) is 14.2 Å². The summed E-state index contributed by atoms with van der Waals surface area (Å²) < 4.78 is 17.6. The Morgan fingerprint density at radius 3 is 2.44 bits per heavy atom. The zero-order valence-corrected chi connectivity index (χ0v) is 21.3. The van der Waals surface area contributed by atoms with Crippen LogP contribution in [0.15, 0.2) is 35.9 Å². The molecule has 5 nitrogen and oxygen atoms in total. The third-order valence-electron chi connectivity index (χ3n) is 7.33. The van der Waals surface area contributed by atoms with Crippen LogP contribution >= 0.6 is 11.6 Å². The van der Waals surface area contributed by atoms with E-state index in [1.54, 1.807) is 6.07 Å². The summed E-state index contributed by atoms with van der Waals surface area (Å²) in [6, 6.07) is 9.53. The average molecular weight is 483 g/mol.